The van der Waals surface area contributed by atoms with Crippen LogP contribution in [0, 0.1) is 0 Å². The lowest BCUT2D eigenvalue weighted by Crippen LogP contribution is -2.36. The number of nitrogens with zero attached hydrogens (tertiary/aromatic N) is 3. The molecule has 0 unspecified atom stereocenters. The monoisotopic (exact) mass is 465 g/mol. The molecule has 0 amide bonds. The van der Waals surface area contributed by atoms with Gasteiger partial charge in [-0.1, -0.05) is 67.0 Å². The van der Waals surface area contributed by atoms with Gasteiger partial charge in [0.1, 0.15) is 0 Å². The number of benzene rings is 2. The van der Waals surface area contributed by atoms with Crippen molar-refractivity contribution in [1.82, 2.24) is 13.7 Å². The van der Waals surface area contributed by atoms with Gasteiger partial charge in [-0.2, -0.15) is 0 Å². The smallest absolute Gasteiger partial charge is 0.314 e. The van der Waals surface area contributed by atoms with Crippen molar-refractivity contribution < 1.29 is 0 Å². The summed E-state index contributed by atoms with van der Waals surface area (Å²) in [6.07, 6.45) is 1.87. The Morgan fingerprint density at radius 3 is 2.17 bits per heavy atom. The zero-order valence-electron chi connectivity index (χ0n) is 17.7. The predicted octanol–water partition coefficient (Wildman–Crippen LogP) is 4.75. The molecule has 2 aromatic carbocycles. The number of aromatic nitrogens is 3. The molecule has 0 radical (unpaired) electrons. The van der Waals surface area contributed by atoms with Gasteiger partial charge in [-0.3, -0.25) is 13.9 Å². The molecule has 0 aliphatic carbocycles. The van der Waals surface area contributed by atoms with Crippen LogP contribution in [0.15, 0.2) is 68.8 Å². The van der Waals surface area contributed by atoms with Crippen LogP contribution in [-0.4, -0.2) is 13.7 Å². The normalized spacial score (nSPS) is 11.9. The maximum absolute atomic E-state index is 13.2. The second-order valence-electron chi connectivity index (χ2n) is 8.62. The maximum Gasteiger partial charge on any atom is 0.330 e. The van der Waals surface area contributed by atoms with E-state index in [1.54, 1.807) is 7.05 Å². The van der Waals surface area contributed by atoms with Crippen molar-refractivity contribution in [3.05, 3.63) is 85.6 Å². The Morgan fingerprint density at radius 1 is 0.900 bits per heavy atom. The Kier molecular flexibility index (Phi) is 4.85. The number of rotatable bonds is 2. The standard InChI is InChI=1S/C24H24BrN3O2/c1-24(2,3)16-11-9-15(10-12-16)21-20-19(26(4)23(30)27(5)22(20)29)14-28(21)18-8-6-7-17(25)13-18/h6-14H,1-5H3. The molecule has 0 saturated carbocycles. The van der Waals surface area contributed by atoms with Crippen LogP contribution in [0.2, 0.25) is 0 Å². The van der Waals surface area contributed by atoms with Gasteiger partial charge in [-0.15, -0.1) is 0 Å². The minimum atomic E-state index is -0.339. The first kappa shape index (κ1) is 20.4. The summed E-state index contributed by atoms with van der Waals surface area (Å²) in [5, 5.41) is 0.531. The zero-order valence-corrected chi connectivity index (χ0v) is 19.3. The largest absolute Gasteiger partial charge is 0.330 e. The van der Waals surface area contributed by atoms with Crippen LogP contribution >= 0.6 is 15.9 Å². The van der Waals surface area contributed by atoms with E-state index >= 15 is 0 Å². The molecule has 0 N–H and O–H groups in total. The maximum atomic E-state index is 13.2. The Bertz CT molecular complexity index is 1380. The molecule has 30 heavy (non-hydrogen) atoms. The fourth-order valence-corrected chi connectivity index (χ4v) is 4.17. The Morgan fingerprint density at radius 2 is 1.57 bits per heavy atom. The van der Waals surface area contributed by atoms with Crippen LogP contribution in [0.3, 0.4) is 0 Å². The van der Waals surface area contributed by atoms with Gasteiger partial charge in [0.15, 0.2) is 0 Å². The van der Waals surface area contributed by atoms with Gasteiger partial charge in [-0.25, -0.2) is 4.79 Å². The van der Waals surface area contributed by atoms with Gasteiger partial charge in [-0.05, 0) is 34.7 Å². The van der Waals surface area contributed by atoms with Crippen molar-refractivity contribution in [1.29, 1.82) is 0 Å². The first-order chi connectivity index (χ1) is 14.1. The molecule has 2 aromatic heterocycles. The minimum Gasteiger partial charge on any atom is -0.314 e. The molecule has 0 saturated heterocycles. The molecule has 154 valence electrons. The van der Waals surface area contributed by atoms with Crippen molar-refractivity contribution in [3.63, 3.8) is 0 Å². The highest BCUT2D eigenvalue weighted by atomic mass is 79.9. The topological polar surface area (TPSA) is 48.9 Å². The molecule has 0 atom stereocenters. The second kappa shape index (κ2) is 7.13. The molecule has 4 rings (SSSR count). The van der Waals surface area contributed by atoms with Gasteiger partial charge < -0.3 is 4.57 Å². The lowest BCUT2D eigenvalue weighted by atomic mass is 9.86. The van der Waals surface area contributed by atoms with Gasteiger partial charge in [0.25, 0.3) is 5.56 Å². The Hall–Kier alpha value is -2.86. The first-order valence-corrected chi connectivity index (χ1v) is 10.6. The fourth-order valence-electron chi connectivity index (χ4n) is 3.78. The predicted molar refractivity (Wildman–Crippen MR) is 126 cm³/mol. The fraction of sp³-hybridized carbons (Fsp3) is 0.250. The third-order valence-electron chi connectivity index (χ3n) is 5.55. The van der Waals surface area contributed by atoms with Crippen molar-refractivity contribution in [3.8, 4) is 16.9 Å². The van der Waals surface area contributed by atoms with E-state index in [0.29, 0.717) is 10.9 Å². The van der Waals surface area contributed by atoms with Crippen molar-refractivity contribution in [2.24, 2.45) is 14.1 Å². The molecule has 0 aliphatic heterocycles. The van der Waals surface area contributed by atoms with E-state index in [9.17, 15) is 9.59 Å². The Labute approximate surface area is 183 Å². The van der Waals surface area contributed by atoms with Crippen LogP contribution < -0.4 is 11.2 Å². The SMILES string of the molecule is Cn1c(=O)c2c(-c3ccc(C(C)(C)C)cc3)n(-c3cccc(Br)c3)cc2n(C)c1=O. The van der Waals surface area contributed by atoms with Crippen LogP contribution in [0.25, 0.3) is 27.8 Å². The van der Waals surface area contributed by atoms with E-state index in [1.165, 1.54) is 21.7 Å². The van der Waals surface area contributed by atoms with Crippen LogP contribution in [0.1, 0.15) is 26.3 Å². The van der Waals surface area contributed by atoms with Crippen LogP contribution in [-0.2, 0) is 19.5 Å². The highest BCUT2D eigenvalue weighted by molar-refractivity contribution is 9.10. The molecule has 0 bridgehead atoms. The summed E-state index contributed by atoms with van der Waals surface area (Å²) < 4.78 is 5.62. The zero-order chi connectivity index (χ0) is 21.8. The number of hydrogen-bond donors (Lipinski definition) is 0. The van der Waals surface area contributed by atoms with Crippen LogP contribution in [0.4, 0.5) is 0 Å². The summed E-state index contributed by atoms with van der Waals surface area (Å²) >= 11 is 3.53. The summed E-state index contributed by atoms with van der Waals surface area (Å²) in [6.45, 7) is 6.52. The molecule has 2 heterocycles. The Balaban J connectivity index is 2.12. The van der Waals surface area contributed by atoms with Crippen LogP contribution in [0.5, 0.6) is 0 Å². The average Bonchev–Trinajstić information content (AvgIpc) is 3.11. The van der Waals surface area contributed by atoms with Gasteiger partial charge in [0, 0.05) is 30.5 Å². The minimum absolute atomic E-state index is 0.0346. The summed E-state index contributed by atoms with van der Waals surface area (Å²) in [6, 6.07) is 16.2. The molecule has 5 nitrogen and oxygen atoms in total. The molecule has 0 aliphatic rings. The third-order valence-corrected chi connectivity index (χ3v) is 6.04. The molecule has 4 aromatic rings. The van der Waals surface area contributed by atoms with Gasteiger partial charge in [0.05, 0.1) is 16.6 Å². The van der Waals surface area contributed by atoms with Gasteiger partial charge >= 0.3 is 5.69 Å². The summed E-state index contributed by atoms with van der Waals surface area (Å²) in [5.74, 6) is 0. The molecule has 0 spiro atoms. The first-order valence-electron chi connectivity index (χ1n) is 9.77. The van der Waals surface area contributed by atoms with E-state index in [2.05, 4.69) is 48.8 Å². The summed E-state index contributed by atoms with van der Waals surface area (Å²) in [5.41, 5.74) is 3.84. The van der Waals surface area contributed by atoms with E-state index < -0.39 is 0 Å². The average molecular weight is 466 g/mol. The summed E-state index contributed by atoms with van der Waals surface area (Å²) in [7, 11) is 3.22. The van der Waals surface area contributed by atoms with Crippen molar-refractivity contribution in [2.45, 2.75) is 26.2 Å². The van der Waals surface area contributed by atoms with E-state index in [1.807, 2.05) is 47.2 Å². The highest BCUT2D eigenvalue weighted by Crippen LogP contribution is 2.33. The van der Waals surface area contributed by atoms with Crippen molar-refractivity contribution in [2.75, 3.05) is 0 Å². The number of halogens is 1. The van der Waals surface area contributed by atoms with Crippen molar-refractivity contribution >= 4 is 26.8 Å². The lowest BCUT2D eigenvalue weighted by molar-refractivity contribution is 0.590. The van der Waals surface area contributed by atoms with Gasteiger partial charge in [0.2, 0.25) is 0 Å². The van der Waals surface area contributed by atoms with E-state index in [4.69, 9.17) is 0 Å². The van der Waals surface area contributed by atoms with E-state index in [-0.39, 0.29) is 16.7 Å². The number of fused-ring (bicyclic) bond motifs is 1. The molecular weight excluding hydrogens is 442 g/mol. The molecule has 6 heteroatoms. The quantitative estimate of drug-likeness (QED) is 0.428. The third kappa shape index (κ3) is 3.25. The highest BCUT2D eigenvalue weighted by Gasteiger charge is 2.21. The lowest BCUT2D eigenvalue weighted by Gasteiger charge is -2.19. The number of hydrogen-bond acceptors (Lipinski definition) is 2. The molecule has 0 fully saturated rings. The molecular formula is C24H24BrN3O2. The van der Waals surface area contributed by atoms with E-state index in [0.717, 1.165) is 21.4 Å². The summed E-state index contributed by atoms with van der Waals surface area (Å²) in [4.78, 5) is 25.7. The number of aryl methyl sites for hydroxylation is 1. The second-order valence-corrected chi connectivity index (χ2v) is 9.54.